The molecule has 1 aromatic heterocycles. The largest absolute Gasteiger partial charge is 0.491 e. The predicted molar refractivity (Wildman–Crippen MR) is 134 cm³/mol. The molecule has 1 aliphatic rings. The minimum Gasteiger partial charge on any atom is -0.491 e. The molecule has 0 amide bonds. The molecule has 33 heavy (non-hydrogen) atoms. The van der Waals surface area contributed by atoms with Gasteiger partial charge in [0.15, 0.2) is 0 Å². The molecule has 0 radical (unpaired) electrons. The summed E-state index contributed by atoms with van der Waals surface area (Å²) >= 11 is 0. The Kier molecular flexibility index (Phi) is 8.90. The van der Waals surface area contributed by atoms with Crippen molar-refractivity contribution in [2.75, 3.05) is 13.2 Å². The molecule has 1 aliphatic heterocycles. The highest BCUT2D eigenvalue weighted by atomic mass is 16.5. The zero-order chi connectivity index (χ0) is 24.0. The van der Waals surface area contributed by atoms with Gasteiger partial charge in [0.2, 0.25) is 0 Å². The fraction of sp³-hybridized carbons (Fsp3) is 0.571. The summed E-state index contributed by atoms with van der Waals surface area (Å²) in [6.45, 7) is 14.4. The van der Waals surface area contributed by atoms with Gasteiger partial charge in [0.25, 0.3) is 0 Å². The Hall–Kier alpha value is -2.40. The van der Waals surface area contributed by atoms with Crippen LogP contribution >= 0.6 is 0 Å². The molecule has 1 saturated heterocycles. The summed E-state index contributed by atoms with van der Waals surface area (Å²) in [7, 11) is 0. The molecule has 0 saturated carbocycles. The van der Waals surface area contributed by atoms with Gasteiger partial charge < -0.3 is 9.47 Å². The van der Waals surface area contributed by atoms with Gasteiger partial charge in [-0.05, 0) is 71.0 Å². The lowest BCUT2D eigenvalue weighted by Crippen LogP contribution is -2.45. The first-order valence-electron chi connectivity index (χ1n) is 12.6. The average molecular weight is 453 g/mol. The van der Waals surface area contributed by atoms with Gasteiger partial charge in [-0.1, -0.05) is 38.5 Å². The number of aryl methyl sites for hydroxylation is 3. The molecule has 1 atom stereocenters. The van der Waals surface area contributed by atoms with E-state index in [0.29, 0.717) is 13.2 Å². The van der Waals surface area contributed by atoms with Crippen molar-refractivity contribution >= 4 is 5.97 Å². The molecule has 1 aromatic carbocycles. The first-order valence-corrected chi connectivity index (χ1v) is 12.6. The summed E-state index contributed by atoms with van der Waals surface area (Å²) < 4.78 is 11.7. The van der Waals surface area contributed by atoms with Crippen LogP contribution in [0.4, 0.5) is 0 Å². The van der Waals surface area contributed by atoms with Crippen molar-refractivity contribution in [3.8, 4) is 17.0 Å². The van der Waals surface area contributed by atoms with Gasteiger partial charge in [-0.15, -0.1) is 0 Å². The molecule has 5 heteroatoms. The van der Waals surface area contributed by atoms with E-state index < -0.39 is 0 Å². The number of nitrogens with zero attached hydrogens (tertiary/aromatic N) is 2. The average Bonchev–Trinajstić information content (AvgIpc) is 2.80. The van der Waals surface area contributed by atoms with Gasteiger partial charge in [0.1, 0.15) is 11.8 Å². The number of likely N-dealkylation sites (tertiary alicyclic amines) is 1. The summed E-state index contributed by atoms with van der Waals surface area (Å²) in [4.78, 5) is 19.9. The Morgan fingerprint density at radius 3 is 2.45 bits per heavy atom. The molecular formula is C28H40N2O3. The number of benzene rings is 1. The van der Waals surface area contributed by atoms with Gasteiger partial charge in [0.05, 0.1) is 18.4 Å². The smallest absolute Gasteiger partial charge is 0.323 e. The number of hydrogen-bond donors (Lipinski definition) is 0. The quantitative estimate of drug-likeness (QED) is 0.444. The zero-order valence-electron chi connectivity index (χ0n) is 21.2. The van der Waals surface area contributed by atoms with Crippen LogP contribution in [0.25, 0.3) is 11.3 Å². The third-order valence-electron chi connectivity index (χ3n) is 6.44. The van der Waals surface area contributed by atoms with Gasteiger partial charge >= 0.3 is 5.97 Å². The zero-order valence-corrected chi connectivity index (χ0v) is 21.2. The lowest BCUT2D eigenvalue weighted by Gasteiger charge is -2.34. The molecule has 1 unspecified atom stereocenters. The molecular weight excluding hydrogens is 412 g/mol. The maximum absolute atomic E-state index is 12.6. The van der Waals surface area contributed by atoms with Crippen LogP contribution in [0.2, 0.25) is 0 Å². The van der Waals surface area contributed by atoms with E-state index in [1.165, 1.54) is 16.7 Å². The van der Waals surface area contributed by atoms with Crippen molar-refractivity contribution < 1.29 is 14.3 Å². The fourth-order valence-corrected chi connectivity index (χ4v) is 4.81. The number of ether oxygens (including phenoxy) is 2. The first kappa shape index (κ1) is 25.2. The van der Waals surface area contributed by atoms with Gasteiger partial charge in [-0.25, -0.2) is 0 Å². The van der Waals surface area contributed by atoms with E-state index in [1.807, 2.05) is 6.92 Å². The maximum atomic E-state index is 12.6. The summed E-state index contributed by atoms with van der Waals surface area (Å²) in [5.74, 6) is 0.754. The lowest BCUT2D eigenvalue weighted by molar-refractivity contribution is -0.151. The minimum absolute atomic E-state index is 0.0488. The summed E-state index contributed by atoms with van der Waals surface area (Å²) in [6, 6.07) is 8.44. The molecule has 0 aliphatic carbocycles. The van der Waals surface area contributed by atoms with E-state index in [2.05, 4.69) is 63.8 Å². The van der Waals surface area contributed by atoms with Crippen LogP contribution in [0.3, 0.4) is 0 Å². The van der Waals surface area contributed by atoms with Crippen molar-refractivity contribution in [2.24, 2.45) is 0 Å². The normalized spacial score (nSPS) is 16.8. The number of aromatic nitrogens is 1. The highest BCUT2D eigenvalue weighted by molar-refractivity contribution is 5.76. The molecule has 180 valence electrons. The van der Waals surface area contributed by atoms with Crippen LogP contribution in [-0.4, -0.2) is 41.2 Å². The molecule has 2 aromatic rings. The Morgan fingerprint density at radius 1 is 1.15 bits per heavy atom. The van der Waals surface area contributed by atoms with Crippen molar-refractivity contribution in [1.82, 2.24) is 9.88 Å². The highest BCUT2D eigenvalue weighted by Gasteiger charge is 2.31. The Balaban J connectivity index is 2.04. The molecule has 0 spiro atoms. The predicted octanol–water partition coefficient (Wildman–Crippen LogP) is 5.89. The Morgan fingerprint density at radius 2 is 1.85 bits per heavy atom. The van der Waals surface area contributed by atoms with Crippen LogP contribution in [0.15, 0.2) is 24.3 Å². The Bertz CT molecular complexity index is 932. The summed E-state index contributed by atoms with van der Waals surface area (Å²) in [5.41, 5.74) is 6.85. The third kappa shape index (κ3) is 5.94. The van der Waals surface area contributed by atoms with Crippen LogP contribution in [0.1, 0.15) is 76.3 Å². The van der Waals surface area contributed by atoms with Crippen LogP contribution < -0.4 is 4.74 Å². The molecule has 3 rings (SSSR count). The first-order chi connectivity index (χ1) is 15.9. The molecule has 2 heterocycles. The minimum atomic E-state index is -0.197. The third-order valence-corrected chi connectivity index (χ3v) is 6.44. The standard InChI is InChI=1S/C28H40N2O3/c1-7-21-13-12-14-22(8-2)27(21)24-17-26(33-19(4)5)23(20(6)29-24)18-30-16-11-10-15-25(30)28(31)32-9-3/h12-14,17,19,25H,7-11,15-16,18H2,1-6H3. The fourth-order valence-electron chi connectivity index (χ4n) is 4.81. The van der Waals surface area contributed by atoms with Crippen molar-refractivity contribution in [3.63, 3.8) is 0 Å². The second-order valence-corrected chi connectivity index (χ2v) is 9.13. The van der Waals surface area contributed by atoms with E-state index in [1.54, 1.807) is 0 Å². The van der Waals surface area contributed by atoms with Gasteiger partial charge in [-0.3, -0.25) is 14.7 Å². The van der Waals surface area contributed by atoms with Crippen molar-refractivity contribution in [2.45, 2.75) is 92.3 Å². The van der Waals surface area contributed by atoms with E-state index >= 15 is 0 Å². The maximum Gasteiger partial charge on any atom is 0.323 e. The van der Waals surface area contributed by atoms with Crippen molar-refractivity contribution in [3.05, 3.63) is 46.6 Å². The molecule has 1 fully saturated rings. The highest BCUT2D eigenvalue weighted by Crippen LogP contribution is 2.34. The number of hydrogen-bond acceptors (Lipinski definition) is 5. The van der Waals surface area contributed by atoms with Crippen LogP contribution in [-0.2, 0) is 28.9 Å². The number of carbonyl (C=O) groups excluding carboxylic acids is 1. The number of carbonyl (C=O) groups is 1. The lowest BCUT2D eigenvalue weighted by atomic mass is 9.93. The van der Waals surface area contributed by atoms with E-state index in [4.69, 9.17) is 14.5 Å². The van der Waals surface area contributed by atoms with Crippen LogP contribution in [0.5, 0.6) is 5.75 Å². The van der Waals surface area contributed by atoms with Gasteiger partial charge in [-0.2, -0.15) is 0 Å². The number of rotatable bonds is 9. The molecule has 0 bridgehead atoms. The topological polar surface area (TPSA) is 51.7 Å². The van der Waals surface area contributed by atoms with Crippen LogP contribution in [0, 0.1) is 6.92 Å². The molecule has 0 N–H and O–H groups in total. The van der Waals surface area contributed by atoms with E-state index in [9.17, 15) is 4.79 Å². The second kappa shape index (κ2) is 11.6. The number of pyridine rings is 1. The van der Waals surface area contributed by atoms with E-state index in [0.717, 1.165) is 61.3 Å². The van der Waals surface area contributed by atoms with Crippen molar-refractivity contribution in [1.29, 1.82) is 0 Å². The number of piperidine rings is 1. The van der Waals surface area contributed by atoms with Gasteiger partial charge in [0, 0.05) is 29.4 Å². The number of esters is 1. The monoisotopic (exact) mass is 452 g/mol. The summed E-state index contributed by atoms with van der Waals surface area (Å²) in [5, 5.41) is 0. The molecule has 5 nitrogen and oxygen atoms in total. The Labute approximate surface area is 199 Å². The van der Waals surface area contributed by atoms with E-state index in [-0.39, 0.29) is 18.1 Å². The SMILES string of the molecule is CCOC(=O)C1CCCCN1Cc1c(OC(C)C)cc(-c2c(CC)cccc2CC)nc1C. The summed E-state index contributed by atoms with van der Waals surface area (Å²) in [6.07, 6.45) is 4.95. The second-order valence-electron chi connectivity index (χ2n) is 9.13.